The average molecular weight is 329 g/mol. The summed E-state index contributed by atoms with van der Waals surface area (Å²) < 4.78 is 5.82. The molecule has 24 heavy (non-hydrogen) atoms. The van der Waals surface area contributed by atoms with Gasteiger partial charge < -0.3 is 9.64 Å². The van der Waals surface area contributed by atoms with E-state index in [4.69, 9.17) is 4.74 Å². The topological polar surface area (TPSA) is 53.6 Å². The van der Waals surface area contributed by atoms with E-state index in [0.29, 0.717) is 24.6 Å². The molecule has 1 amide bonds. The zero-order chi connectivity index (χ0) is 16.5. The Labute approximate surface area is 143 Å². The number of ether oxygens (including phenoxy) is 1. The first kappa shape index (κ1) is 15.9. The molecule has 4 atom stereocenters. The number of nitrogens with zero attached hydrogens (tertiary/aromatic N) is 1. The van der Waals surface area contributed by atoms with Gasteiger partial charge in [0.1, 0.15) is 12.4 Å². The molecule has 0 bridgehead atoms. The molecule has 2 N–H and O–H groups in total. The second-order valence-electron chi connectivity index (χ2n) is 7.35. The molecule has 2 saturated heterocycles. The molecule has 4 unspecified atom stereocenters. The summed E-state index contributed by atoms with van der Waals surface area (Å²) in [5, 5.41) is 0. The summed E-state index contributed by atoms with van der Waals surface area (Å²) in [7, 11) is 0. The van der Waals surface area contributed by atoms with Crippen molar-refractivity contribution < 1.29 is 9.53 Å². The van der Waals surface area contributed by atoms with Crippen LogP contribution < -0.4 is 15.6 Å². The lowest BCUT2D eigenvalue weighted by molar-refractivity contribution is -0.139. The zero-order valence-electron chi connectivity index (χ0n) is 14.3. The Bertz CT molecular complexity index is 606. The van der Waals surface area contributed by atoms with Crippen molar-refractivity contribution in [2.24, 2.45) is 11.8 Å². The minimum atomic E-state index is -0.0385. The van der Waals surface area contributed by atoms with Gasteiger partial charge in [0.25, 0.3) is 0 Å². The molecule has 0 radical (unpaired) electrons. The largest absolute Gasteiger partial charge is 0.492 e. The molecule has 0 spiro atoms. The van der Waals surface area contributed by atoms with Crippen LogP contribution in [0.15, 0.2) is 24.3 Å². The van der Waals surface area contributed by atoms with Crippen molar-refractivity contribution in [2.75, 3.05) is 19.7 Å². The fourth-order valence-electron chi connectivity index (χ4n) is 4.43. The van der Waals surface area contributed by atoms with E-state index in [1.54, 1.807) is 0 Å². The number of hydrogen-bond acceptors (Lipinski definition) is 4. The van der Waals surface area contributed by atoms with Gasteiger partial charge in [-0.1, -0.05) is 31.5 Å². The molecule has 3 aliphatic heterocycles. The van der Waals surface area contributed by atoms with Crippen LogP contribution in [-0.2, 0) is 11.2 Å². The zero-order valence-corrected chi connectivity index (χ0v) is 14.3. The number of likely N-dealkylation sites (tertiary alicyclic amines) is 1. The Balaban J connectivity index is 1.42. The fourth-order valence-corrected chi connectivity index (χ4v) is 4.43. The highest BCUT2D eigenvalue weighted by Gasteiger charge is 2.41. The van der Waals surface area contributed by atoms with Crippen LogP contribution in [-0.4, -0.2) is 42.6 Å². The van der Waals surface area contributed by atoms with Crippen molar-refractivity contribution in [3.05, 3.63) is 29.8 Å². The van der Waals surface area contributed by atoms with Crippen LogP contribution in [0.5, 0.6) is 5.75 Å². The van der Waals surface area contributed by atoms with E-state index in [1.165, 1.54) is 6.42 Å². The number of carbonyl (C=O) groups is 1. The number of piperidine rings is 1. The Morgan fingerprint density at radius 2 is 2.21 bits per heavy atom. The van der Waals surface area contributed by atoms with Gasteiger partial charge in [0.15, 0.2) is 0 Å². The van der Waals surface area contributed by atoms with Crippen LogP contribution in [0, 0.1) is 11.8 Å². The maximum Gasteiger partial charge on any atom is 0.229 e. The van der Waals surface area contributed by atoms with E-state index in [9.17, 15) is 4.79 Å². The summed E-state index contributed by atoms with van der Waals surface area (Å²) in [4.78, 5) is 15.1. The molecular formula is C19H27N3O2. The third kappa shape index (κ3) is 2.91. The number of hydrazine groups is 1. The van der Waals surface area contributed by atoms with Gasteiger partial charge in [-0.15, -0.1) is 0 Å². The first-order valence-corrected chi connectivity index (χ1v) is 9.26. The smallest absolute Gasteiger partial charge is 0.229 e. The van der Waals surface area contributed by atoms with Gasteiger partial charge in [0.05, 0.1) is 5.92 Å². The van der Waals surface area contributed by atoms with Crippen LogP contribution in [0.3, 0.4) is 0 Å². The van der Waals surface area contributed by atoms with Gasteiger partial charge >= 0.3 is 0 Å². The monoisotopic (exact) mass is 329 g/mol. The molecule has 5 nitrogen and oxygen atoms in total. The number of hydrogen-bond donors (Lipinski definition) is 2. The van der Waals surface area contributed by atoms with Crippen molar-refractivity contribution in [3.63, 3.8) is 0 Å². The van der Waals surface area contributed by atoms with E-state index in [1.807, 2.05) is 18.2 Å². The Kier molecular flexibility index (Phi) is 4.46. The number of carbonyl (C=O) groups excluding carboxylic acids is 1. The Hall–Kier alpha value is -1.59. The molecule has 3 aliphatic rings. The molecule has 0 saturated carbocycles. The number of rotatable bonds is 3. The molecule has 2 fully saturated rings. The fraction of sp³-hybridized carbons (Fsp3) is 0.632. The number of benzene rings is 1. The first-order valence-electron chi connectivity index (χ1n) is 9.26. The maximum atomic E-state index is 13.0. The van der Waals surface area contributed by atoms with Crippen molar-refractivity contribution in [3.8, 4) is 5.75 Å². The highest BCUT2D eigenvalue weighted by molar-refractivity contribution is 5.80. The molecular weight excluding hydrogens is 302 g/mol. The predicted molar refractivity (Wildman–Crippen MR) is 92.6 cm³/mol. The maximum absolute atomic E-state index is 13.0. The van der Waals surface area contributed by atoms with Crippen LogP contribution >= 0.6 is 0 Å². The Morgan fingerprint density at radius 1 is 1.33 bits per heavy atom. The highest BCUT2D eigenvalue weighted by Crippen LogP contribution is 2.31. The standard InChI is InChI=1S/C19H27N3O2/c1-2-5-16-15-11-22(9-8-17(15)21-20-16)19(23)14-10-13-6-3-4-7-18(13)24-12-14/h3-4,6-7,14-17,20-21H,2,5,8-12H2,1H3. The third-order valence-electron chi connectivity index (χ3n) is 5.77. The highest BCUT2D eigenvalue weighted by atomic mass is 16.5. The minimum Gasteiger partial charge on any atom is -0.492 e. The quantitative estimate of drug-likeness (QED) is 0.887. The summed E-state index contributed by atoms with van der Waals surface area (Å²) in [5.41, 5.74) is 8.03. The van der Waals surface area contributed by atoms with Crippen molar-refractivity contribution >= 4 is 5.91 Å². The van der Waals surface area contributed by atoms with Gasteiger partial charge in [-0.2, -0.15) is 0 Å². The summed E-state index contributed by atoms with van der Waals surface area (Å²) in [6.07, 6.45) is 4.17. The Morgan fingerprint density at radius 3 is 3.08 bits per heavy atom. The third-order valence-corrected chi connectivity index (χ3v) is 5.77. The average Bonchev–Trinajstić information content (AvgIpc) is 3.03. The molecule has 0 aliphatic carbocycles. The second kappa shape index (κ2) is 6.73. The van der Waals surface area contributed by atoms with Crippen molar-refractivity contribution in [1.82, 2.24) is 15.8 Å². The molecule has 3 heterocycles. The molecule has 130 valence electrons. The van der Waals surface area contributed by atoms with Gasteiger partial charge in [0, 0.05) is 31.1 Å². The lowest BCUT2D eigenvalue weighted by Crippen LogP contribution is -2.51. The number of nitrogens with one attached hydrogen (secondary N) is 2. The van der Waals surface area contributed by atoms with E-state index in [0.717, 1.165) is 43.7 Å². The lowest BCUT2D eigenvalue weighted by Gasteiger charge is -2.38. The molecule has 1 aromatic carbocycles. The van der Waals surface area contributed by atoms with Crippen molar-refractivity contribution in [2.45, 2.75) is 44.7 Å². The van der Waals surface area contributed by atoms with Crippen LogP contribution in [0.4, 0.5) is 0 Å². The van der Waals surface area contributed by atoms with Gasteiger partial charge in [0.2, 0.25) is 5.91 Å². The van der Waals surface area contributed by atoms with Crippen molar-refractivity contribution in [1.29, 1.82) is 0 Å². The normalized spacial score (nSPS) is 32.0. The number of para-hydroxylation sites is 1. The van der Waals surface area contributed by atoms with Crippen LogP contribution in [0.2, 0.25) is 0 Å². The predicted octanol–water partition coefficient (Wildman–Crippen LogP) is 1.73. The van der Waals surface area contributed by atoms with Crippen LogP contribution in [0.1, 0.15) is 31.7 Å². The van der Waals surface area contributed by atoms with E-state index >= 15 is 0 Å². The van der Waals surface area contributed by atoms with Crippen LogP contribution in [0.25, 0.3) is 0 Å². The van der Waals surface area contributed by atoms with Gasteiger partial charge in [-0.25, -0.2) is 0 Å². The first-order chi connectivity index (χ1) is 11.8. The lowest BCUT2D eigenvalue weighted by atomic mass is 9.85. The molecule has 1 aromatic rings. The van der Waals surface area contributed by atoms with Gasteiger partial charge in [-0.3, -0.25) is 15.6 Å². The second-order valence-corrected chi connectivity index (χ2v) is 7.35. The minimum absolute atomic E-state index is 0.0385. The summed E-state index contributed by atoms with van der Waals surface area (Å²) in [6.45, 7) is 4.45. The summed E-state index contributed by atoms with van der Waals surface area (Å²) in [5.74, 6) is 1.69. The number of fused-ring (bicyclic) bond motifs is 2. The molecule has 0 aromatic heterocycles. The van der Waals surface area contributed by atoms with E-state index < -0.39 is 0 Å². The van der Waals surface area contributed by atoms with Gasteiger partial charge in [-0.05, 0) is 30.9 Å². The molecule has 5 heteroatoms. The summed E-state index contributed by atoms with van der Waals surface area (Å²) in [6, 6.07) is 9.06. The number of amides is 1. The summed E-state index contributed by atoms with van der Waals surface area (Å²) >= 11 is 0. The SMILES string of the molecule is CCCC1NNC2CCN(C(=O)C3COc4ccccc4C3)CC12. The van der Waals surface area contributed by atoms with E-state index in [2.05, 4.69) is 28.7 Å². The molecule has 4 rings (SSSR count). The van der Waals surface area contributed by atoms with E-state index in [-0.39, 0.29) is 11.8 Å².